The van der Waals surface area contributed by atoms with Crippen molar-refractivity contribution in [2.45, 2.75) is 57.1 Å². The average molecular weight is 226 g/mol. The molecule has 0 aromatic carbocycles. The van der Waals surface area contributed by atoms with E-state index in [9.17, 15) is 0 Å². The molecular formula is C13H26N2O. The number of nitrogens with one attached hydrogen (secondary N) is 1. The van der Waals surface area contributed by atoms with Gasteiger partial charge in [-0.1, -0.05) is 13.0 Å². The Balaban J connectivity index is 2.64. The van der Waals surface area contributed by atoms with Crippen molar-refractivity contribution >= 4 is 0 Å². The van der Waals surface area contributed by atoms with Crippen molar-refractivity contribution < 1.29 is 4.74 Å². The summed E-state index contributed by atoms with van der Waals surface area (Å²) >= 11 is 0. The van der Waals surface area contributed by atoms with Crippen LogP contribution in [0, 0.1) is 5.92 Å². The maximum atomic E-state index is 5.80. The summed E-state index contributed by atoms with van der Waals surface area (Å²) in [5.74, 6) is 6.50. The van der Waals surface area contributed by atoms with Crippen LogP contribution in [0.15, 0.2) is 12.7 Å². The summed E-state index contributed by atoms with van der Waals surface area (Å²) in [6, 6.07) is 0.239. The van der Waals surface area contributed by atoms with Crippen molar-refractivity contribution in [3.8, 4) is 0 Å². The lowest BCUT2D eigenvalue weighted by atomic mass is 9.74. The molecule has 1 rings (SSSR count). The van der Waals surface area contributed by atoms with Crippen LogP contribution in [0.5, 0.6) is 0 Å². The summed E-state index contributed by atoms with van der Waals surface area (Å²) in [6.07, 6.45) is 8.62. The van der Waals surface area contributed by atoms with Crippen molar-refractivity contribution in [1.29, 1.82) is 0 Å². The van der Waals surface area contributed by atoms with Crippen LogP contribution in [-0.2, 0) is 4.74 Å². The number of rotatable bonds is 6. The van der Waals surface area contributed by atoms with E-state index in [1.54, 1.807) is 0 Å². The third-order valence-electron chi connectivity index (χ3n) is 4.02. The number of allylic oxidation sites excluding steroid dienone is 1. The molecule has 16 heavy (non-hydrogen) atoms. The number of hydrogen-bond donors (Lipinski definition) is 2. The molecule has 0 amide bonds. The predicted octanol–water partition coefficient (Wildman–Crippen LogP) is 2.38. The van der Waals surface area contributed by atoms with Crippen LogP contribution < -0.4 is 11.3 Å². The van der Waals surface area contributed by atoms with Crippen LogP contribution in [0.25, 0.3) is 0 Å². The minimum absolute atomic E-state index is 0.0652. The largest absolute Gasteiger partial charge is 0.377 e. The molecule has 1 fully saturated rings. The van der Waals surface area contributed by atoms with Crippen LogP contribution in [0.2, 0.25) is 0 Å². The molecular weight excluding hydrogens is 200 g/mol. The van der Waals surface area contributed by atoms with Gasteiger partial charge in [0.15, 0.2) is 0 Å². The summed E-state index contributed by atoms with van der Waals surface area (Å²) in [7, 11) is 1.81. The lowest BCUT2D eigenvalue weighted by Gasteiger charge is -2.43. The Morgan fingerprint density at radius 1 is 1.56 bits per heavy atom. The third kappa shape index (κ3) is 3.06. The fourth-order valence-electron chi connectivity index (χ4n) is 2.73. The summed E-state index contributed by atoms with van der Waals surface area (Å²) < 4.78 is 5.80. The van der Waals surface area contributed by atoms with Gasteiger partial charge < -0.3 is 4.74 Å². The highest BCUT2D eigenvalue weighted by Crippen LogP contribution is 2.37. The molecule has 94 valence electrons. The van der Waals surface area contributed by atoms with Crippen molar-refractivity contribution in [2.24, 2.45) is 11.8 Å². The molecule has 3 N–H and O–H groups in total. The van der Waals surface area contributed by atoms with Gasteiger partial charge in [-0.05, 0) is 44.4 Å². The molecule has 1 atom stereocenters. The van der Waals surface area contributed by atoms with Gasteiger partial charge >= 0.3 is 0 Å². The zero-order valence-electron chi connectivity index (χ0n) is 10.7. The molecule has 0 bridgehead atoms. The van der Waals surface area contributed by atoms with E-state index in [0.717, 1.165) is 31.6 Å². The van der Waals surface area contributed by atoms with Gasteiger partial charge in [0.25, 0.3) is 0 Å². The molecule has 1 saturated carbocycles. The Labute approximate surface area is 99.4 Å². The monoisotopic (exact) mass is 226 g/mol. The van der Waals surface area contributed by atoms with E-state index in [4.69, 9.17) is 10.6 Å². The van der Waals surface area contributed by atoms with Crippen molar-refractivity contribution in [3.63, 3.8) is 0 Å². The van der Waals surface area contributed by atoms with Gasteiger partial charge in [-0.2, -0.15) is 0 Å². The lowest BCUT2D eigenvalue weighted by molar-refractivity contribution is -0.0763. The first kappa shape index (κ1) is 13.7. The highest BCUT2D eigenvalue weighted by molar-refractivity contribution is 4.96. The normalized spacial score (nSPS) is 32.3. The standard InChI is InChI=1S/C13H26N2O/c1-4-5-6-12(15-14)13(16-3)9-7-11(2)8-10-13/h4,11-12,15H,1,5-10,14H2,2-3H3. The van der Waals surface area contributed by atoms with Gasteiger partial charge in [0.2, 0.25) is 0 Å². The lowest BCUT2D eigenvalue weighted by Crippen LogP contribution is -2.55. The Morgan fingerprint density at radius 2 is 2.19 bits per heavy atom. The highest BCUT2D eigenvalue weighted by atomic mass is 16.5. The fraction of sp³-hybridized carbons (Fsp3) is 0.846. The second-order valence-electron chi connectivity index (χ2n) is 5.04. The van der Waals surface area contributed by atoms with Crippen molar-refractivity contribution in [2.75, 3.05) is 7.11 Å². The van der Waals surface area contributed by atoms with Crippen molar-refractivity contribution in [3.05, 3.63) is 12.7 Å². The molecule has 3 heteroatoms. The molecule has 1 aliphatic rings. The summed E-state index contributed by atoms with van der Waals surface area (Å²) in [4.78, 5) is 0. The highest BCUT2D eigenvalue weighted by Gasteiger charge is 2.40. The van der Waals surface area contributed by atoms with Crippen LogP contribution in [0.3, 0.4) is 0 Å². The Bertz CT molecular complexity index is 210. The molecule has 0 aromatic heterocycles. The van der Waals surface area contributed by atoms with Gasteiger partial charge in [-0.25, -0.2) is 0 Å². The molecule has 0 heterocycles. The van der Waals surface area contributed by atoms with Crippen LogP contribution >= 0.6 is 0 Å². The smallest absolute Gasteiger partial charge is 0.0844 e. The van der Waals surface area contributed by atoms with Gasteiger partial charge in [0.05, 0.1) is 11.6 Å². The Hall–Kier alpha value is -0.380. The minimum atomic E-state index is -0.0652. The molecule has 0 saturated heterocycles. The van der Waals surface area contributed by atoms with E-state index < -0.39 is 0 Å². The maximum Gasteiger partial charge on any atom is 0.0844 e. The Morgan fingerprint density at radius 3 is 2.62 bits per heavy atom. The zero-order valence-corrected chi connectivity index (χ0v) is 10.7. The van der Waals surface area contributed by atoms with E-state index in [1.807, 2.05) is 13.2 Å². The SMILES string of the molecule is C=CCCC(NN)C1(OC)CCC(C)CC1. The Kier molecular flexibility index (Phi) is 5.46. The summed E-state index contributed by atoms with van der Waals surface area (Å²) in [5.41, 5.74) is 2.88. The molecule has 0 aliphatic heterocycles. The first-order valence-corrected chi connectivity index (χ1v) is 6.30. The second-order valence-corrected chi connectivity index (χ2v) is 5.04. The van der Waals surface area contributed by atoms with Gasteiger partial charge in [0.1, 0.15) is 0 Å². The van der Waals surface area contributed by atoms with E-state index in [-0.39, 0.29) is 11.6 Å². The van der Waals surface area contributed by atoms with E-state index >= 15 is 0 Å². The quantitative estimate of drug-likeness (QED) is 0.415. The molecule has 3 nitrogen and oxygen atoms in total. The van der Waals surface area contributed by atoms with Crippen LogP contribution in [0.1, 0.15) is 45.4 Å². The molecule has 1 unspecified atom stereocenters. The first-order valence-electron chi connectivity index (χ1n) is 6.30. The third-order valence-corrected chi connectivity index (χ3v) is 4.02. The topological polar surface area (TPSA) is 47.3 Å². The number of methoxy groups -OCH3 is 1. The van der Waals surface area contributed by atoms with Gasteiger partial charge in [0, 0.05) is 7.11 Å². The molecule has 1 aliphatic carbocycles. The maximum absolute atomic E-state index is 5.80. The zero-order chi connectivity index (χ0) is 12.0. The number of nitrogens with two attached hydrogens (primary N) is 1. The molecule has 0 radical (unpaired) electrons. The fourth-order valence-corrected chi connectivity index (χ4v) is 2.73. The van der Waals surface area contributed by atoms with Crippen molar-refractivity contribution in [1.82, 2.24) is 5.43 Å². The predicted molar refractivity (Wildman–Crippen MR) is 67.9 cm³/mol. The van der Waals surface area contributed by atoms with Gasteiger partial charge in [-0.15, -0.1) is 6.58 Å². The average Bonchev–Trinajstić information content (AvgIpc) is 2.32. The second kappa shape index (κ2) is 6.38. The van der Waals surface area contributed by atoms with Gasteiger partial charge in [-0.3, -0.25) is 11.3 Å². The number of ether oxygens (including phenoxy) is 1. The van der Waals surface area contributed by atoms with E-state index in [1.165, 1.54) is 12.8 Å². The number of hydrazine groups is 1. The van der Waals surface area contributed by atoms with Crippen LogP contribution in [-0.4, -0.2) is 18.8 Å². The molecule has 0 spiro atoms. The summed E-state index contributed by atoms with van der Waals surface area (Å²) in [6.45, 7) is 6.08. The first-order chi connectivity index (χ1) is 7.68. The van der Waals surface area contributed by atoms with E-state index in [2.05, 4.69) is 18.9 Å². The summed E-state index contributed by atoms with van der Waals surface area (Å²) in [5, 5.41) is 0. The van der Waals surface area contributed by atoms with E-state index in [0.29, 0.717) is 0 Å². The molecule has 0 aromatic rings. The van der Waals surface area contributed by atoms with Crippen LogP contribution in [0.4, 0.5) is 0 Å². The minimum Gasteiger partial charge on any atom is -0.377 e. The number of hydrogen-bond acceptors (Lipinski definition) is 3.